The van der Waals surface area contributed by atoms with Crippen molar-refractivity contribution in [2.75, 3.05) is 19.6 Å². The number of fused-ring (bicyclic) bond motifs is 1. The Morgan fingerprint density at radius 3 is 2.43 bits per heavy atom. The Labute approximate surface area is 174 Å². The first-order chi connectivity index (χ1) is 14.4. The van der Waals surface area contributed by atoms with Crippen molar-refractivity contribution in [3.05, 3.63) is 70.8 Å². The van der Waals surface area contributed by atoms with Gasteiger partial charge in [-0.25, -0.2) is 4.99 Å². The van der Waals surface area contributed by atoms with Crippen molar-refractivity contribution in [1.82, 2.24) is 15.5 Å². The molecule has 0 saturated heterocycles. The molecule has 2 N–H and O–H groups in total. The number of amides is 1. The molecule has 5 nitrogen and oxygen atoms in total. The highest BCUT2D eigenvalue weighted by Crippen LogP contribution is 2.29. The molecule has 1 aliphatic heterocycles. The van der Waals surface area contributed by atoms with E-state index in [9.17, 15) is 18.0 Å². The van der Waals surface area contributed by atoms with Crippen LogP contribution in [0.25, 0.3) is 0 Å². The van der Waals surface area contributed by atoms with Gasteiger partial charge in [-0.3, -0.25) is 4.79 Å². The zero-order valence-corrected chi connectivity index (χ0v) is 16.8. The minimum atomic E-state index is -4.35. The van der Waals surface area contributed by atoms with Gasteiger partial charge in [0.25, 0.3) is 0 Å². The van der Waals surface area contributed by atoms with Gasteiger partial charge in [0.05, 0.1) is 18.7 Å². The van der Waals surface area contributed by atoms with Gasteiger partial charge < -0.3 is 15.5 Å². The second-order valence-corrected chi connectivity index (χ2v) is 7.08. The minimum absolute atomic E-state index is 0.0235. The second-order valence-electron chi connectivity index (χ2n) is 7.08. The van der Waals surface area contributed by atoms with Crippen LogP contribution in [0.1, 0.15) is 29.2 Å². The van der Waals surface area contributed by atoms with E-state index in [1.54, 1.807) is 0 Å². The van der Waals surface area contributed by atoms with Crippen LogP contribution < -0.4 is 10.6 Å². The molecule has 1 aliphatic rings. The van der Waals surface area contributed by atoms with Crippen LogP contribution in [-0.4, -0.2) is 36.4 Å². The standard InChI is InChI=1S/C22H25F3N4O/c1-2-26-21(27-13-16-7-9-19(10-8-16)22(23,24)25)28-14-20(30)29-12-11-17-5-3-4-6-18(17)15-29/h3-10H,2,11-15H2,1H3,(H2,26,27,28). The third-order valence-corrected chi connectivity index (χ3v) is 4.94. The van der Waals surface area contributed by atoms with E-state index in [2.05, 4.69) is 21.7 Å². The van der Waals surface area contributed by atoms with Gasteiger partial charge in [-0.15, -0.1) is 0 Å². The number of guanidine groups is 1. The van der Waals surface area contributed by atoms with Gasteiger partial charge in [0.1, 0.15) is 0 Å². The van der Waals surface area contributed by atoms with Crippen molar-refractivity contribution in [3.63, 3.8) is 0 Å². The number of nitrogens with one attached hydrogen (secondary N) is 2. The molecule has 2 aromatic rings. The Hall–Kier alpha value is -3.03. The highest BCUT2D eigenvalue weighted by Gasteiger charge is 2.29. The number of alkyl halides is 3. The van der Waals surface area contributed by atoms with Gasteiger partial charge in [-0.05, 0) is 42.2 Å². The lowest BCUT2D eigenvalue weighted by Crippen LogP contribution is -2.45. The minimum Gasteiger partial charge on any atom is -0.357 e. The zero-order chi connectivity index (χ0) is 21.6. The van der Waals surface area contributed by atoms with Crippen LogP contribution in [0.5, 0.6) is 0 Å². The first-order valence-electron chi connectivity index (χ1n) is 9.89. The monoisotopic (exact) mass is 418 g/mol. The number of rotatable bonds is 5. The summed E-state index contributed by atoms with van der Waals surface area (Å²) in [5, 5.41) is 6.07. The molecule has 0 saturated carbocycles. The summed E-state index contributed by atoms with van der Waals surface area (Å²) in [4.78, 5) is 18.8. The predicted molar refractivity (Wildman–Crippen MR) is 110 cm³/mol. The van der Waals surface area contributed by atoms with Crippen LogP contribution >= 0.6 is 0 Å². The van der Waals surface area contributed by atoms with Gasteiger partial charge in [-0.2, -0.15) is 13.2 Å². The molecule has 160 valence electrons. The molecule has 0 radical (unpaired) electrons. The third-order valence-electron chi connectivity index (χ3n) is 4.94. The molecule has 1 amide bonds. The van der Waals surface area contributed by atoms with Crippen molar-refractivity contribution in [1.29, 1.82) is 0 Å². The summed E-state index contributed by atoms with van der Waals surface area (Å²) < 4.78 is 38.0. The van der Waals surface area contributed by atoms with Gasteiger partial charge in [0.15, 0.2) is 5.96 Å². The van der Waals surface area contributed by atoms with Crippen LogP contribution in [0, 0.1) is 0 Å². The van der Waals surface area contributed by atoms with Crippen molar-refractivity contribution in [2.45, 2.75) is 32.6 Å². The number of aliphatic imine (C=N–C) groups is 1. The Morgan fingerprint density at radius 1 is 1.07 bits per heavy atom. The van der Waals surface area contributed by atoms with Gasteiger partial charge >= 0.3 is 6.18 Å². The van der Waals surface area contributed by atoms with E-state index in [0.29, 0.717) is 31.2 Å². The topological polar surface area (TPSA) is 56.7 Å². The number of benzene rings is 2. The Bertz CT molecular complexity index is 894. The number of halogens is 3. The predicted octanol–water partition coefficient (Wildman–Crippen LogP) is 3.35. The molecule has 2 aromatic carbocycles. The first-order valence-corrected chi connectivity index (χ1v) is 9.89. The lowest BCUT2D eigenvalue weighted by atomic mass is 10.00. The molecule has 0 fully saturated rings. The molecule has 0 spiro atoms. The average Bonchev–Trinajstić information content (AvgIpc) is 2.74. The Morgan fingerprint density at radius 2 is 1.77 bits per heavy atom. The van der Waals surface area contributed by atoms with Crippen molar-refractivity contribution in [3.8, 4) is 0 Å². The SMILES string of the molecule is CCNC(=NCc1ccc(C(F)(F)F)cc1)NCC(=O)N1CCc2ccccc2C1. The smallest absolute Gasteiger partial charge is 0.357 e. The summed E-state index contributed by atoms with van der Waals surface area (Å²) in [5.74, 6) is 0.424. The highest BCUT2D eigenvalue weighted by atomic mass is 19.4. The molecule has 30 heavy (non-hydrogen) atoms. The highest BCUT2D eigenvalue weighted by molar-refractivity contribution is 5.86. The van der Waals surface area contributed by atoms with Crippen molar-refractivity contribution >= 4 is 11.9 Å². The lowest BCUT2D eigenvalue weighted by molar-refractivity contribution is -0.137. The molecule has 0 unspecified atom stereocenters. The summed E-state index contributed by atoms with van der Waals surface area (Å²) in [6.45, 7) is 4.08. The normalized spacial score (nSPS) is 14.3. The molecule has 0 aliphatic carbocycles. The first kappa shape index (κ1) is 21.7. The van der Waals surface area contributed by atoms with Gasteiger partial charge in [0, 0.05) is 19.6 Å². The van der Waals surface area contributed by atoms with Crippen LogP contribution in [0.15, 0.2) is 53.5 Å². The Balaban J connectivity index is 1.55. The number of hydrogen-bond donors (Lipinski definition) is 2. The van der Waals surface area contributed by atoms with E-state index >= 15 is 0 Å². The van der Waals surface area contributed by atoms with Gasteiger partial charge in [0.2, 0.25) is 5.91 Å². The maximum Gasteiger partial charge on any atom is 0.416 e. The van der Waals surface area contributed by atoms with E-state index < -0.39 is 11.7 Å². The van der Waals surface area contributed by atoms with E-state index in [-0.39, 0.29) is 19.0 Å². The molecular formula is C22H25F3N4O. The van der Waals surface area contributed by atoms with Crippen LogP contribution in [0.3, 0.4) is 0 Å². The molecular weight excluding hydrogens is 393 g/mol. The third kappa shape index (κ3) is 5.75. The van der Waals surface area contributed by atoms with Crippen LogP contribution in [0.2, 0.25) is 0 Å². The summed E-state index contributed by atoms with van der Waals surface area (Å²) in [6, 6.07) is 13.0. The molecule has 1 heterocycles. The number of carbonyl (C=O) groups is 1. The fourth-order valence-electron chi connectivity index (χ4n) is 3.29. The molecule has 0 bridgehead atoms. The maximum absolute atomic E-state index is 12.7. The quantitative estimate of drug-likeness (QED) is 0.579. The largest absolute Gasteiger partial charge is 0.416 e. The molecule has 3 rings (SSSR count). The van der Waals surface area contributed by atoms with E-state index in [1.165, 1.54) is 23.3 Å². The number of hydrogen-bond acceptors (Lipinski definition) is 2. The molecule has 8 heteroatoms. The average molecular weight is 418 g/mol. The van der Waals surface area contributed by atoms with Crippen LogP contribution in [0.4, 0.5) is 13.2 Å². The molecule has 0 aromatic heterocycles. The lowest BCUT2D eigenvalue weighted by Gasteiger charge is -2.29. The second kappa shape index (κ2) is 9.65. The molecule has 0 atom stereocenters. The van der Waals surface area contributed by atoms with E-state index in [4.69, 9.17) is 0 Å². The fourth-order valence-corrected chi connectivity index (χ4v) is 3.29. The summed E-state index contributed by atoms with van der Waals surface area (Å²) in [7, 11) is 0. The van der Waals surface area contributed by atoms with Gasteiger partial charge in [-0.1, -0.05) is 36.4 Å². The van der Waals surface area contributed by atoms with Crippen LogP contribution in [-0.2, 0) is 30.5 Å². The number of nitrogens with zero attached hydrogens (tertiary/aromatic N) is 2. The number of carbonyl (C=O) groups excluding carboxylic acids is 1. The Kier molecular flexibility index (Phi) is 6.97. The van der Waals surface area contributed by atoms with E-state index in [1.807, 2.05) is 30.0 Å². The summed E-state index contributed by atoms with van der Waals surface area (Å²) >= 11 is 0. The zero-order valence-electron chi connectivity index (χ0n) is 16.8. The van der Waals surface area contributed by atoms with Crippen molar-refractivity contribution in [2.24, 2.45) is 4.99 Å². The van der Waals surface area contributed by atoms with Crippen molar-refractivity contribution < 1.29 is 18.0 Å². The maximum atomic E-state index is 12.7. The summed E-state index contributed by atoms with van der Waals surface area (Å²) in [5.41, 5.74) is 2.41. The summed E-state index contributed by atoms with van der Waals surface area (Å²) in [6.07, 6.45) is -3.52. The van der Waals surface area contributed by atoms with E-state index in [0.717, 1.165) is 18.6 Å². The fraction of sp³-hybridized carbons (Fsp3) is 0.364.